The summed E-state index contributed by atoms with van der Waals surface area (Å²) in [6.07, 6.45) is 0. The number of benzene rings is 1. The van der Waals surface area contributed by atoms with E-state index >= 15 is 0 Å². The number of ether oxygens (including phenoxy) is 1. The van der Waals surface area contributed by atoms with Crippen molar-refractivity contribution in [1.82, 2.24) is 4.72 Å². The van der Waals surface area contributed by atoms with Gasteiger partial charge in [-0.1, -0.05) is 17.5 Å². The Bertz CT molecular complexity index is 688. The minimum absolute atomic E-state index is 0.0230. The zero-order valence-corrected chi connectivity index (χ0v) is 12.3. The summed E-state index contributed by atoms with van der Waals surface area (Å²) in [4.78, 5) is 10.8. The van der Waals surface area contributed by atoms with Crippen LogP contribution in [-0.2, 0) is 10.0 Å². The molecule has 0 atom stereocenters. The SMILES string of the molecule is CC#CCNS(=O)(=O)c1cc(Cl)cc(C(=O)O)c1OC. The first-order chi connectivity index (χ1) is 9.33. The fourth-order valence-corrected chi connectivity index (χ4v) is 2.85. The van der Waals surface area contributed by atoms with Crippen LogP contribution in [0.25, 0.3) is 0 Å². The van der Waals surface area contributed by atoms with E-state index in [0.29, 0.717) is 0 Å². The van der Waals surface area contributed by atoms with Gasteiger partial charge in [-0.3, -0.25) is 0 Å². The number of rotatable bonds is 5. The summed E-state index contributed by atoms with van der Waals surface area (Å²) in [7, 11) is -2.80. The smallest absolute Gasteiger partial charge is 0.339 e. The van der Waals surface area contributed by atoms with Crippen LogP contribution in [0.15, 0.2) is 17.0 Å². The summed E-state index contributed by atoms with van der Waals surface area (Å²) in [5.41, 5.74) is -0.332. The largest absolute Gasteiger partial charge is 0.494 e. The number of sulfonamides is 1. The molecule has 20 heavy (non-hydrogen) atoms. The maximum absolute atomic E-state index is 12.1. The summed E-state index contributed by atoms with van der Waals surface area (Å²) >= 11 is 5.75. The van der Waals surface area contributed by atoms with Crippen molar-refractivity contribution in [2.45, 2.75) is 11.8 Å². The Morgan fingerprint density at radius 1 is 1.50 bits per heavy atom. The first kappa shape index (κ1) is 16.3. The molecular formula is C12H12ClNO5S. The standard InChI is InChI=1S/C12H12ClNO5S/c1-3-4-5-14-20(17,18)10-7-8(13)6-9(12(15)16)11(10)19-2/h6-7,14H,5H2,1-2H3,(H,15,16). The first-order valence-electron chi connectivity index (χ1n) is 5.33. The van der Waals surface area contributed by atoms with Crippen LogP contribution in [0.5, 0.6) is 5.75 Å². The molecule has 0 amide bonds. The molecule has 0 aliphatic rings. The fourth-order valence-electron chi connectivity index (χ4n) is 1.43. The molecule has 1 aromatic carbocycles. The number of hydrogen-bond acceptors (Lipinski definition) is 4. The Kier molecular flexibility index (Phi) is 5.39. The first-order valence-corrected chi connectivity index (χ1v) is 7.19. The van der Waals surface area contributed by atoms with Crippen LogP contribution in [0.4, 0.5) is 0 Å². The zero-order chi connectivity index (χ0) is 15.3. The number of carboxylic acids is 1. The molecule has 0 saturated heterocycles. The van der Waals surface area contributed by atoms with E-state index in [1.165, 1.54) is 7.11 Å². The van der Waals surface area contributed by atoms with Crippen molar-refractivity contribution < 1.29 is 23.1 Å². The third kappa shape index (κ3) is 3.63. The van der Waals surface area contributed by atoms with Crippen LogP contribution in [0.1, 0.15) is 17.3 Å². The summed E-state index contributed by atoms with van der Waals surface area (Å²) in [6, 6.07) is 2.24. The predicted molar refractivity (Wildman–Crippen MR) is 73.6 cm³/mol. The molecule has 1 aromatic rings. The third-order valence-corrected chi connectivity index (χ3v) is 3.90. The van der Waals surface area contributed by atoms with Crippen LogP contribution < -0.4 is 9.46 Å². The molecule has 1 rings (SSSR count). The second-order valence-electron chi connectivity index (χ2n) is 3.54. The average molecular weight is 318 g/mol. The van der Waals surface area contributed by atoms with Crippen molar-refractivity contribution in [3.05, 3.63) is 22.7 Å². The highest BCUT2D eigenvalue weighted by atomic mass is 35.5. The van der Waals surface area contributed by atoms with Crippen LogP contribution in [-0.4, -0.2) is 33.1 Å². The van der Waals surface area contributed by atoms with E-state index in [4.69, 9.17) is 21.4 Å². The lowest BCUT2D eigenvalue weighted by atomic mass is 10.2. The van der Waals surface area contributed by atoms with Gasteiger partial charge in [-0.15, -0.1) is 5.92 Å². The highest BCUT2D eigenvalue weighted by Gasteiger charge is 2.25. The van der Waals surface area contributed by atoms with Gasteiger partial charge in [0.05, 0.1) is 13.7 Å². The monoisotopic (exact) mass is 317 g/mol. The van der Waals surface area contributed by atoms with Gasteiger partial charge in [-0.25, -0.2) is 13.2 Å². The maximum Gasteiger partial charge on any atom is 0.339 e. The minimum atomic E-state index is -3.98. The van der Waals surface area contributed by atoms with Crippen molar-refractivity contribution in [2.24, 2.45) is 0 Å². The second kappa shape index (κ2) is 6.61. The summed E-state index contributed by atoms with van der Waals surface area (Å²) < 4.78 is 31.3. The molecule has 6 nitrogen and oxygen atoms in total. The van der Waals surface area contributed by atoms with Gasteiger partial charge in [0.25, 0.3) is 0 Å². The van der Waals surface area contributed by atoms with E-state index in [2.05, 4.69) is 16.6 Å². The molecule has 0 fully saturated rings. The van der Waals surface area contributed by atoms with Crippen molar-refractivity contribution in [3.63, 3.8) is 0 Å². The highest BCUT2D eigenvalue weighted by molar-refractivity contribution is 7.89. The van der Waals surface area contributed by atoms with Crippen LogP contribution in [0.2, 0.25) is 5.02 Å². The van der Waals surface area contributed by atoms with Crippen LogP contribution >= 0.6 is 11.6 Å². The Balaban J connectivity index is 3.42. The molecule has 108 valence electrons. The van der Waals surface area contributed by atoms with Crippen molar-refractivity contribution >= 4 is 27.6 Å². The van der Waals surface area contributed by atoms with Gasteiger partial charge in [-0.2, -0.15) is 4.72 Å². The van der Waals surface area contributed by atoms with E-state index in [0.717, 1.165) is 12.1 Å². The molecule has 0 bridgehead atoms. The lowest BCUT2D eigenvalue weighted by Gasteiger charge is -2.12. The lowest BCUT2D eigenvalue weighted by molar-refractivity contribution is 0.0693. The van der Waals surface area contributed by atoms with Gasteiger partial charge in [0.1, 0.15) is 10.5 Å². The molecule has 0 aliphatic heterocycles. The number of carbonyl (C=O) groups is 1. The van der Waals surface area contributed by atoms with Crippen LogP contribution in [0.3, 0.4) is 0 Å². The van der Waals surface area contributed by atoms with E-state index in [1.54, 1.807) is 6.92 Å². The van der Waals surface area contributed by atoms with Crippen molar-refractivity contribution in [3.8, 4) is 17.6 Å². The molecular weight excluding hydrogens is 306 g/mol. The van der Waals surface area contributed by atoms with E-state index in [1.807, 2.05) is 0 Å². The second-order valence-corrected chi connectivity index (χ2v) is 5.71. The molecule has 0 aromatic heterocycles. The maximum atomic E-state index is 12.1. The Labute approximate surface area is 121 Å². The molecule has 0 unspecified atom stereocenters. The lowest BCUT2D eigenvalue weighted by Crippen LogP contribution is -2.25. The Morgan fingerprint density at radius 2 is 2.15 bits per heavy atom. The molecule has 0 saturated carbocycles. The van der Waals surface area contributed by atoms with Gasteiger partial charge in [-0.05, 0) is 19.1 Å². The van der Waals surface area contributed by atoms with E-state index < -0.39 is 16.0 Å². The normalized spacial score (nSPS) is 10.6. The van der Waals surface area contributed by atoms with Gasteiger partial charge < -0.3 is 9.84 Å². The van der Waals surface area contributed by atoms with Crippen molar-refractivity contribution in [1.29, 1.82) is 0 Å². The number of aromatic carboxylic acids is 1. The summed E-state index contributed by atoms with van der Waals surface area (Å²) in [5, 5.41) is 9.03. The fraction of sp³-hybridized carbons (Fsp3) is 0.250. The molecule has 0 spiro atoms. The number of halogens is 1. The average Bonchev–Trinajstić information content (AvgIpc) is 2.37. The van der Waals surface area contributed by atoms with Gasteiger partial charge in [0, 0.05) is 5.02 Å². The number of carboxylic acid groups (broad SMARTS) is 1. The molecule has 0 aliphatic carbocycles. The zero-order valence-electron chi connectivity index (χ0n) is 10.7. The Morgan fingerprint density at radius 3 is 2.65 bits per heavy atom. The van der Waals surface area contributed by atoms with Gasteiger partial charge >= 0.3 is 5.97 Å². The predicted octanol–water partition coefficient (Wildman–Crippen LogP) is 1.35. The van der Waals surface area contributed by atoms with E-state index in [-0.39, 0.29) is 27.8 Å². The number of nitrogens with one attached hydrogen (secondary N) is 1. The van der Waals surface area contributed by atoms with Crippen molar-refractivity contribution in [2.75, 3.05) is 13.7 Å². The topological polar surface area (TPSA) is 92.7 Å². The summed E-state index contributed by atoms with van der Waals surface area (Å²) in [5.74, 6) is 3.45. The molecule has 0 heterocycles. The van der Waals surface area contributed by atoms with Gasteiger partial charge in [0.15, 0.2) is 5.75 Å². The quantitative estimate of drug-likeness (QED) is 0.800. The molecule has 0 radical (unpaired) electrons. The van der Waals surface area contributed by atoms with E-state index in [9.17, 15) is 13.2 Å². The Hall–Kier alpha value is -1.75. The summed E-state index contributed by atoms with van der Waals surface area (Å²) in [6.45, 7) is 1.47. The molecule has 2 N–H and O–H groups in total. The number of hydrogen-bond donors (Lipinski definition) is 2. The minimum Gasteiger partial charge on any atom is -0.494 e. The highest BCUT2D eigenvalue weighted by Crippen LogP contribution is 2.31. The third-order valence-electron chi connectivity index (χ3n) is 2.27. The molecule has 8 heteroatoms. The van der Waals surface area contributed by atoms with Gasteiger partial charge in [0.2, 0.25) is 10.0 Å². The number of methoxy groups -OCH3 is 1. The van der Waals surface area contributed by atoms with Crippen LogP contribution in [0, 0.1) is 11.8 Å².